The van der Waals surface area contributed by atoms with Gasteiger partial charge >= 0.3 is 0 Å². The summed E-state index contributed by atoms with van der Waals surface area (Å²) < 4.78 is 0. The standard InChI is InChI=1S/C17H21N3/c1-14-9-10-16(19-18-14)20-12-6-11-17(2,13-20)15-7-4-3-5-8-15/h3-5,7-10H,6,11-13H2,1-2H3/t17-/m0/s1. The highest BCUT2D eigenvalue weighted by molar-refractivity contribution is 5.41. The summed E-state index contributed by atoms with van der Waals surface area (Å²) in [4.78, 5) is 2.36. The van der Waals surface area contributed by atoms with E-state index in [9.17, 15) is 0 Å². The first-order chi connectivity index (χ1) is 9.67. The van der Waals surface area contributed by atoms with Crippen LogP contribution in [0.4, 0.5) is 5.82 Å². The zero-order valence-corrected chi connectivity index (χ0v) is 12.2. The molecule has 104 valence electrons. The molecule has 3 heteroatoms. The summed E-state index contributed by atoms with van der Waals surface area (Å²) in [6.45, 7) is 6.41. The molecule has 0 aliphatic carbocycles. The quantitative estimate of drug-likeness (QED) is 0.835. The third kappa shape index (κ3) is 2.53. The highest BCUT2D eigenvalue weighted by Gasteiger charge is 2.33. The first kappa shape index (κ1) is 13.1. The molecule has 20 heavy (non-hydrogen) atoms. The Balaban J connectivity index is 1.84. The molecule has 0 amide bonds. The van der Waals surface area contributed by atoms with Crippen molar-refractivity contribution in [2.75, 3.05) is 18.0 Å². The van der Waals surface area contributed by atoms with E-state index in [1.807, 2.05) is 13.0 Å². The van der Waals surface area contributed by atoms with Crippen molar-refractivity contribution in [1.82, 2.24) is 10.2 Å². The maximum absolute atomic E-state index is 4.34. The molecule has 1 aromatic heterocycles. The molecule has 1 aliphatic heterocycles. The van der Waals surface area contributed by atoms with Crippen LogP contribution in [0.25, 0.3) is 0 Å². The second-order valence-electron chi connectivity index (χ2n) is 5.98. The van der Waals surface area contributed by atoms with Gasteiger partial charge in [-0.05, 0) is 37.5 Å². The van der Waals surface area contributed by atoms with Crippen LogP contribution in [-0.2, 0) is 5.41 Å². The zero-order valence-electron chi connectivity index (χ0n) is 12.2. The number of hydrogen-bond acceptors (Lipinski definition) is 3. The molecule has 1 aromatic carbocycles. The van der Waals surface area contributed by atoms with E-state index < -0.39 is 0 Å². The fourth-order valence-electron chi connectivity index (χ4n) is 3.07. The van der Waals surface area contributed by atoms with E-state index in [1.165, 1.54) is 18.4 Å². The van der Waals surface area contributed by atoms with Crippen molar-refractivity contribution in [2.45, 2.75) is 32.1 Å². The van der Waals surface area contributed by atoms with Gasteiger partial charge in [0.05, 0.1) is 5.69 Å². The smallest absolute Gasteiger partial charge is 0.151 e. The van der Waals surface area contributed by atoms with Crippen molar-refractivity contribution in [3.63, 3.8) is 0 Å². The molecular weight excluding hydrogens is 246 g/mol. The van der Waals surface area contributed by atoms with Crippen LogP contribution in [0.2, 0.25) is 0 Å². The molecule has 0 radical (unpaired) electrons. The lowest BCUT2D eigenvalue weighted by atomic mass is 9.76. The van der Waals surface area contributed by atoms with Crippen LogP contribution in [0.5, 0.6) is 0 Å². The van der Waals surface area contributed by atoms with E-state index in [-0.39, 0.29) is 5.41 Å². The van der Waals surface area contributed by atoms with E-state index in [0.29, 0.717) is 0 Å². The third-order valence-corrected chi connectivity index (χ3v) is 4.27. The van der Waals surface area contributed by atoms with Gasteiger partial charge in [0.2, 0.25) is 0 Å². The molecule has 3 rings (SSSR count). The Morgan fingerprint density at radius 2 is 1.85 bits per heavy atom. The molecule has 0 spiro atoms. The van der Waals surface area contributed by atoms with Gasteiger partial charge < -0.3 is 4.90 Å². The monoisotopic (exact) mass is 267 g/mol. The van der Waals surface area contributed by atoms with Crippen LogP contribution in [0.3, 0.4) is 0 Å². The number of aryl methyl sites for hydroxylation is 1. The minimum atomic E-state index is 0.200. The molecule has 0 saturated carbocycles. The highest BCUT2D eigenvalue weighted by Crippen LogP contribution is 2.34. The molecule has 0 unspecified atom stereocenters. The van der Waals surface area contributed by atoms with Crippen LogP contribution in [0, 0.1) is 6.92 Å². The van der Waals surface area contributed by atoms with Gasteiger partial charge in [0, 0.05) is 18.5 Å². The predicted octanol–water partition coefficient (Wildman–Crippen LogP) is 3.34. The van der Waals surface area contributed by atoms with Crippen molar-refractivity contribution >= 4 is 5.82 Å². The van der Waals surface area contributed by atoms with Crippen LogP contribution >= 0.6 is 0 Å². The molecule has 0 bridgehead atoms. The fourth-order valence-corrected chi connectivity index (χ4v) is 3.07. The number of aromatic nitrogens is 2. The van der Waals surface area contributed by atoms with Gasteiger partial charge in [-0.3, -0.25) is 0 Å². The Bertz CT molecular complexity index is 565. The van der Waals surface area contributed by atoms with Crippen molar-refractivity contribution in [2.24, 2.45) is 0 Å². The first-order valence-corrected chi connectivity index (χ1v) is 7.28. The summed E-state index contributed by atoms with van der Waals surface area (Å²) in [7, 11) is 0. The summed E-state index contributed by atoms with van der Waals surface area (Å²) in [6, 6.07) is 14.9. The summed E-state index contributed by atoms with van der Waals surface area (Å²) >= 11 is 0. The van der Waals surface area contributed by atoms with Crippen LogP contribution < -0.4 is 4.90 Å². The molecular formula is C17H21N3. The van der Waals surface area contributed by atoms with Crippen LogP contribution in [-0.4, -0.2) is 23.3 Å². The molecule has 2 aromatic rings. The average Bonchev–Trinajstić information content (AvgIpc) is 2.49. The number of piperidine rings is 1. The lowest BCUT2D eigenvalue weighted by molar-refractivity contribution is 0.371. The van der Waals surface area contributed by atoms with Gasteiger partial charge in [-0.1, -0.05) is 37.3 Å². The summed E-state index contributed by atoms with van der Waals surface area (Å²) in [5.74, 6) is 0.998. The molecule has 1 aliphatic rings. The first-order valence-electron chi connectivity index (χ1n) is 7.28. The fraction of sp³-hybridized carbons (Fsp3) is 0.412. The van der Waals surface area contributed by atoms with Gasteiger partial charge in [-0.15, -0.1) is 5.10 Å². The molecule has 1 saturated heterocycles. The van der Waals surface area contributed by atoms with Crippen molar-refractivity contribution in [1.29, 1.82) is 0 Å². The zero-order chi connectivity index (χ0) is 14.0. The van der Waals surface area contributed by atoms with E-state index in [2.05, 4.69) is 58.4 Å². The number of benzene rings is 1. The summed E-state index contributed by atoms with van der Waals surface area (Å²) in [6.07, 6.45) is 2.42. The van der Waals surface area contributed by atoms with Crippen molar-refractivity contribution < 1.29 is 0 Å². The van der Waals surface area contributed by atoms with Gasteiger partial charge in [0.25, 0.3) is 0 Å². The van der Waals surface area contributed by atoms with Gasteiger partial charge in [0.15, 0.2) is 5.82 Å². The Hall–Kier alpha value is -1.90. The van der Waals surface area contributed by atoms with Crippen LogP contribution in [0.1, 0.15) is 31.0 Å². The van der Waals surface area contributed by atoms with E-state index in [0.717, 1.165) is 24.6 Å². The molecule has 2 heterocycles. The summed E-state index contributed by atoms with van der Waals surface area (Å²) in [5, 5.41) is 8.52. The van der Waals surface area contributed by atoms with E-state index in [4.69, 9.17) is 0 Å². The van der Waals surface area contributed by atoms with Crippen LogP contribution in [0.15, 0.2) is 42.5 Å². The molecule has 0 N–H and O–H groups in total. The SMILES string of the molecule is Cc1ccc(N2CCC[C@](C)(c3ccccc3)C2)nn1. The molecule has 1 atom stereocenters. The van der Waals surface area contributed by atoms with E-state index >= 15 is 0 Å². The topological polar surface area (TPSA) is 29.0 Å². The second-order valence-corrected chi connectivity index (χ2v) is 5.98. The third-order valence-electron chi connectivity index (χ3n) is 4.27. The van der Waals surface area contributed by atoms with Gasteiger partial charge in [-0.25, -0.2) is 0 Å². The number of hydrogen-bond donors (Lipinski definition) is 0. The highest BCUT2D eigenvalue weighted by atomic mass is 15.3. The minimum absolute atomic E-state index is 0.200. The lowest BCUT2D eigenvalue weighted by Gasteiger charge is -2.41. The normalized spacial score (nSPS) is 22.8. The van der Waals surface area contributed by atoms with Gasteiger partial charge in [0.1, 0.15) is 0 Å². The molecule has 1 fully saturated rings. The Morgan fingerprint density at radius 1 is 1.05 bits per heavy atom. The van der Waals surface area contributed by atoms with E-state index in [1.54, 1.807) is 0 Å². The number of nitrogens with zero attached hydrogens (tertiary/aromatic N) is 3. The number of anilines is 1. The Kier molecular flexibility index (Phi) is 3.43. The summed E-state index contributed by atoms with van der Waals surface area (Å²) in [5.41, 5.74) is 2.59. The average molecular weight is 267 g/mol. The van der Waals surface area contributed by atoms with Crippen molar-refractivity contribution in [3.8, 4) is 0 Å². The largest absolute Gasteiger partial charge is 0.354 e. The molecule has 3 nitrogen and oxygen atoms in total. The second kappa shape index (κ2) is 5.23. The van der Waals surface area contributed by atoms with Gasteiger partial charge in [-0.2, -0.15) is 5.10 Å². The lowest BCUT2D eigenvalue weighted by Crippen LogP contribution is -2.44. The maximum Gasteiger partial charge on any atom is 0.151 e. The minimum Gasteiger partial charge on any atom is -0.354 e. The van der Waals surface area contributed by atoms with Crippen molar-refractivity contribution in [3.05, 3.63) is 53.7 Å². The Morgan fingerprint density at radius 3 is 2.55 bits per heavy atom. The number of rotatable bonds is 2. The maximum atomic E-state index is 4.34. The Labute approximate surface area is 120 Å². The predicted molar refractivity (Wildman–Crippen MR) is 82.0 cm³/mol.